The average molecular weight is 398 g/mol. The van der Waals surface area contributed by atoms with Crippen molar-refractivity contribution in [3.8, 4) is 0 Å². The van der Waals surface area contributed by atoms with Crippen molar-refractivity contribution in [3.05, 3.63) is 71.3 Å². The summed E-state index contributed by atoms with van der Waals surface area (Å²) in [5, 5.41) is 0. The molecule has 2 aliphatic heterocycles. The van der Waals surface area contributed by atoms with Gasteiger partial charge in [0.05, 0.1) is 0 Å². The fourth-order valence-corrected chi connectivity index (χ4v) is 6.29. The molecule has 2 bridgehead atoms. The van der Waals surface area contributed by atoms with Gasteiger partial charge in [-0.2, -0.15) is 0 Å². The van der Waals surface area contributed by atoms with Gasteiger partial charge < -0.3 is 4.65 Å². The molecule has 2 aromatic rings. The lowest BCUT2D eigenvalue weighted by atomic mass is 9.45. The van der Waals surface area contributed by atoms with Crippen LogP contribution in [0.4, 0.5) is 0 Å². The standard InChI is InChI=1S/C28H35BO/c1-21-10-7-15-24(20-21)27(22-11-5-6-12-22)28(23-13-3-2-4-14-23)29-25-16-8-18-26(30-29)19-9-17-25/h2-4,7,10,13-15,20,22,25-26H,5-6,8-9,11-12,16-19H2,1H3/b28-27-. The molecule has 2 heteroatoms. The Morgan fingerprint density at radius 1 is 0.767 bits per heavy atom. The Bertz CT molecular complexity index is 871. The highest BCUT2D eigenvalue weighted by molar-refractivity contribution is 6.77. The summed E-state index contributed by atoms with van der Waals surface area (Å²) in [6, 6.07) is 20.5. The van der Waals surface area contributed by atoms with E-state index in [4.69, 9.17) is 4.65 Å². The van der Waals surface area contributed by atoms with Crippen LogP contribution in [0.5, 0.6) is 0 Å². The molecule has 3 aliphatic rings. The van der Waals surface area contributed by atoms with Crippen LogP contribution >= 0.6 is 0 Å². The zero-order valence-corrected chi connectivity index (χ0v) is 18.5. The molecule has 0 radical (unpaired) electrons. The smallest absolute Gasteiger partial charge is 0.331 e. The minimum absolute atomic E-state index is 0.249. The topological polar surface area (TPSA) is 9.23 Å². The number of fused-ring (bicyclic) bond motifs is 3. The van der Waals surface area contributed by atoms with Crippen LogP contribution < -0.4 is 0 Å². The molecule has 0 amide bonds. The van der Waals surface area contributed by atoms with Gasteiger partial charge in [-0.1, -0.05) is 98.7 Å². The largest absolute Gasteiger partial charge is 0.428 e. The van der Waals surface area contributed by atoms with E-state index in [9.17, 15) is 0 Å². The lowest BCUT2D eigenvalue weighted by molar-refractivity contribution is 0.191. The second-order valence-corrected chi connectivity index (χ2v) is 9.84. The number of rotatable bonds is 4. The fraction of sp³-hybridized carbons (Fsp3) is 0.500. The van der Waals surface area contributed by atoms with E-state index < -0.39 is 0 Å². The molecule has 0 spiro atoms. The van der Waals surface area contributed by atoms with Crippen LogP contribution in [0.2, 0.25) is 5.82 Å². The molecule has 0 unspecified atom stereocenters. The van der Waals surface area contributed by atoms with Crippen LogP contribution in [0.15, 0.2) is 54.6 Å². The zero-order chi connectivity index (χ0) is 20.3. The highest BCUT2D eigenvalue weighted by Crippen LogP contribution is 2.47. The maximum Gasteiger partial charge on any atom is 0.331 e. The third kappa shape index (κ3) is 4.17. The Hall–Kier alpha value is -1.80. The molecular weight excluding hydrogens is 363 g/mol. The van der Waals surface area contributed by atoms with Gasteiger partial charge in [0.2, 0.25) is 0 Å². The van der Waals surface area contributed by atoms with Gasteiger partial charge >= 0.3 is 6.92 Å². The van der Waals surface area contributed by atoms with E-state index in [0.717, 1.165) is 0 Å². The highest BCUT2D eigenvalue weighted by Gasteiger charge is 2.41. The molecule has 1 nitrogen and oxygen atoms in total. The summed E-state index contributed by atoms with van der Waals surface area (Å²) in [5.41, 5.74) is 7.30. The van der Waals surface area contributed by atoms with Crippen molar-refractivity contribution >= 4 is 18.0 Å². The molecule has 30 heavy (non-hydrogen) atoms. The van der Waals surface area contributed by atoms with E-state index in [-0.39, 0.29) is 6.92 Å². The van der Waals surface area contributed by atoms with Gasteiger partial charge in [-0.3, -0.25) is 0 Å². The van der Waals surface area contributed by atoms with Gasteiger partial charge in [0.15, 0.2) is 0 Å². The molecule has 2 aromatic carbocycles. The van der Waals surface area contributed by atoms with Crippen molar-refractivity contribution in [2.24, 2.45) is 5.92 Å². The Morgan fingerprint density at radius 2 is 1.47 bits per heavy atom. The van der Waals surface area contributed by atoms with Gasteiger partial charge in [-0.25, -0.2) is 0 Å². The Kier molecular flexibility index (Phi) is 6.13. The average Bonchev–Trinajstić information content (AvgIpc) is 3.10. The van der Waals surface area contributed by atoms with Gasteiger partial charge in [0, 0.05) is 6.10 Å². The molecular formula is C28H35BO. The molecule has 0 atom stereocenters. The van der Waals surface area contributed by atoms with Crippen LogP contribution in [0.25, 0.3) is 11.0 Å². The summed E-state index contributed by atoms with van der Waals surface area (Å²) >= 11 is 0. The Balaban J connectivity index is 1.73. The summed E-state index contributed by atoms with van der Waals surface area (Å²) in [6.45, 7) is 2.48. The quantitative estimate of drug-likeness (QED) is 0.378. The van der Waals surface area contributed by atoms with E-state index >= 15 is 0 Å². The molecule has 1 aliphatic carbocycles. The van der Waals surface area contributed by atoms with Crippen LogP contribution in [-0.2, 0) is 4.65 Å². The summed E-state index contributed by atoms with van der Waals surface area (Å²) in [4.78, 5) is 0. The molecule has 2 heterocycles. The SMILES string of the molecule is Cc1cccc(/C(=C(\B2OC3CCCC2CCC3)c2ccccc2)C2CCCC2)c1. The first-order chi connectivity index (χ1) is 14.8. The Morgan fingerprint density at radius 3 is 2.17 bits per heavy atom. The molecule has 0 aromatic heterocycles. The van der Waals surface area contributed by atoms with Gasteiger partial charge in [0.1, 0.15) is 0 Å². The van der Waals surface area contributed by atoms with Crippen LogP contribution in [0.1, 0.15) is 80.9 Å². The lowest BCUT2D eigenvalue weighted by Crippen LogP contribution is -2.29. The molecule has 156 valence electrons. The first-order valence-corrected chi connectivity index (χ1v) is 12.3. The molecule has 2 saturated heterocycles. The predicted molar refractivity (Wildman–Crippen MR) is 128 cm³/mol. The Labute approximate surface area is 183 Å². The van der Waals surface area contributed by atoms with E-state index in [0.29, 0.717) is 17.8 Å². The van der Waals surface area contributed by atoms with Gasteiger partial charge in [-0.05, 0) is 66.5 Å². The summed E-state index contributed by atoms with van der Waals surface area (Å²) in [5.74, 6) is 1.32. The first-order valence-electron chi connectivity index (χ1n) is 12.3. The van der Waals surface area contributed by atoms with Crippen molar-refractivity contribution in [2.45, 2.75) is 83.1 Å². The van der Waals surface area contributed by atoms with Crippen LogP contribution in [-0.4, -0.2) is 13.0 Å². The normalized spacial score (nSPS) is 25.7. The number of hydrogen-bond donors (Lipinski definition) is 0. The highest BCUT2D eigenvalue weighted by atomic mass is 16.4. The third-order valence-corrected chi connectivity index (χ3v) is 7.72. The first kappa shape index (κ1) is 20.1. The zero-order valence-electron chi connectivity index (χ0n) is 18.5. The molecule has 3 fully saturated rings. The predicted octanol–water partition coefficient (Wildman–Crippen LogP) is 7.75. The van der Waals surface area contributed by atoms with Gasteiger partial charge in [-0.15, -0.1) is 0 Å². The number of hydrogen-bond acceptors (Lipinski definition) is 1. The minimum atomic E-state index is 0.249. The summed E-state index contributed by atoms with van der Waals surface area (Å²) < 4.78 is 6.99. The maximum atomic E-state index is 6.99. The van der Waals surface area contributed by atoms with E-state index in [1.807, 2.05) is 0 Å². The van der Waals surface area contributed by atoms with E-state index in [1.54, 1.807) is 5.57 Å². The number of allylic oxidation sites excluding steroid dienone is 1. The molecule has 5 rings (SSSR count). The van der Waals surface area contributed by atoms with Crippen LogP contribution in [0.3, 0.4) is 0 Å². The second-order valence-electron chi connectivity index (χ2n) is 9.84. The number of aryl methyl sites for hydroxylation is 1. The number of benzene rings is 2. The molecule has 1 saturated carbocycles. The van der Waals surface area contributed by atoms with E-state index in [2.05, 4.69) is 61.5 Å². The van der Waals surface area contributed by atoms with Crippen molar-refractivity contribution in [1.82, 2.24) is 0 Å². The summed E-state index contributed by atoms with van der Waals surface area (Å²) in [7, 11) is 0. The van der Waals surface area contributed by atoms with Crippen LogP contribution in [0, 0.1) is 12.8 Å². The van der Waals surface area contributed by atoms with Crippen molar-refractivity contribution < 1.29 is 4.65 Å². The van der Waals surface area contributed by atoms with Crippen molar-refractivity contribution in [1.29, 1.82) is 0 Å². The summed E-state index contributed by atoms with van der Waals surface area (Å²) in [6.07, 6.45) is 13.6. The van der Waals surface area contributed by atoms with E-state index in [1.165, 1.54) is 86.4 Å². The third-order valence-electron chi connectivity index (χ3n) is 7.72. The monoisotopic (exact) mass is 398 g/mol. The van der Waals surface area contributed by atoms with Crippen molar-refractivity contribution in [3.63, 3.8) is 0 Å². The van der Waals surface area contributed by atoms with Crippen molar-refractivity contribution in [2.75, 3.05) is 0 Å². The maximum absolute atomic E-state index is 6.99. The fourth-order valence-electron chi connectivity index (χ4n) is 6.29. The second kappa shape index (κ2) is 9.14. The lowest BCUT2D eigenvalue weighted by Gasteiger charge is -2.29. The minimum Gasteiger partial charge on any atom is -0.428 e. The van der Waals surface area contributed by atoms with Gasteiger partial charge in [0.25, 0.3) is 0 Å². The molecule has 0 N–H and O–H groups in total.